The third-order valence-electron chi connectivity index (χ3n) is 6.02. The van der Waals surface area contributed by atoms with E-state index < -0.39 is 0 Å². The van der Waals surface area contributed by atoms with Gasteiger partial charge in [0.05, 0.1) is 17.1 Å². The number of hydrogen-bond acceptors (Lipinski definition) is 5. The molecule has 3 aromatic rings. The summed E-state index contributed by atoms with van der Waals surface area (Å²) in [6.07, 6.45) is 7.60. The number of carbonyl (C=O) groups excluding carboxylic acids is 1. The van der Waals surface area contributed by atoms with Gasteiger partial charge in [-0.2, -0.15) is 0 Å². The Morgan fingerprint density at radius 1 is 1.19 bits per heavy atom. The van der Waals surface area contributed by atoms with Gasteiger partial charge in [-0.05, 0) is 51.8 Å². The smallest absolute Gasteiger partial charge is 0.236 e. The standard InChI is InChI=1S/C24H30N4O2S/c1-4-27(19-11-7-5-8-12-19)23(29)18(3)31-24-26-25-22(21-15-16-30-17(21)2)28(24)20-13-9-6-10-14-20/h6,9-10,13-16,18-19H,4-5,7-8,11-12H2,1-3H3. The normalized spacial score (nSPS) is 15.7. The van der Waals surface area contributed by atoms with Gasteiger partial charge in [-0.15, -0.1) is 10.2 Å². The van der Waals surface area contributed by atoms with Crippen LogP contribution in [0.15, 0.2) is 52.2 Å². The molecule has 1 saturated carbocycles. The maximum Gasteiger partial charge on any atom is 0.236 e. The Morgan fingerprint density at radius 3 is 2.58 bits per heavy atom. The number of benzene rings is 1. The Kier molecular flexibility index (Phi) is 6.80. The van der Waals surface area contributed by atoms with Crippen molar-refractivity contribution in [2.45, 2.75) is 69.3 Å². The fourth-order valence-corrected chi connectivity index (χ4v) is 5.31. The molecule has 0 bridgehead atoms. The molecular formula is C24H30N4O2S. The van der Waals surface area contributed by atoms with E-state index in [1.807, 2.05) is 54.8 Å². The molecule has 1 aliphatic rings. The van der Waals surface area contributed by atoms with Gasteiger partial charge in [0.15, 0.2) is 11.0 Å². The number of thioether (sulfide) groups is 1. The molecular weight excluding hydrogens is 408 g/mol. The van der Waals surface area contributed by atoms with E-state index >= 15 is 0 Å². The second kappa shape index (κ2) is 9.73. The van der Waals surface area contributed by atoms with Gasteiger partial charge in [0.2, 0.25) is 5.91 Å². The minimum absolute atomic E-state index is 0.183. The van der Waals surface area contributed by atoms with Crippen molar-refractivity contribution in [2.75, 3.05) is 6.54 Å². The predicted molar refractivity (Wildman–Crippen MR) is 123 cm³/mol. The van der Waals surface area contributed by atoms with Crippen molar-refractivity contribution < 1.29 is 9.21 Å². The Hall–Kier alpha value is -2.54. The second-order valence-electron chi connectivity index (χ2n) is 8.04. The summed E-state index contributed by atoms with van der Waals surface area (Å²) >= 11 is 1.47. The number of hydrogen-bond donors (Lipinski definition) is 0. The largest absolute Gasteiger partial charge is 0.469 e. The number of aryl methyl sites for hydroxylation is 1. The van der Waals surface area contributed by atoms with Gasteiger partial charge >= 0.3 is 0 Å². The predicted octanol–water partition coefficient (Wildman–Crippen LogP) is 5.50. The van der Waals surface area contributed by atoms with Crippen molar-refractivity contribution in [2.24, 2.45) is 0 Å². The van der Waals surface area contributed by atoms with Gasteiger partial charge in [-0.3, -0.25) is 9.36 Å². The maximum atomic E-state index is 13.3. The lowest BCUT2D eigenvalue weighted by atomic mass is 9.94. The van der Waals surface area contributed by atoms with Crippen LogP contribution in [0.25, 0.3) is 17.1 Å². The molecule has 2 aromatic heterocycles. The fourth-order valence-electron chi connectivity index (χ4n) is 4.38. The number of para-hydroxylation sites is 1. The molecule has 1 aliphatic carbocycles. The van der Waals surface area contributed by atoms with Crippen molar-refractivity contribution in [3.8, 4) is 17.1 Å². The van der Waals surface area contributed by atoms with Crippen LogP contribution in [-0.4, -0.2) is 43.4 Å². The molecule has 31 heavy (non-hydrogen) atoms. The average molecular weight is 439 g/mol. The Labute approximate surface area is 188 Å². The van der Waals surface area contributed by atoms with E-state index in [4.69, 9.17) is 4.42 Å². The van der Waals surface area contributed by atoms with Crippen LogP contribution in [-0.2, 0) is 4.79 Å². The first-order valence-electron chi connectivity index (χ1n) is 11.1. The van der Waals surface area contributed by atoms with Crippen molar-refractivity contribution in [1.82, 2.24) is 19.7 Å². The molecule has 1 amide bonds. The summed E-state index contributed by atoms with van der Waals surface area (Å²) < 4.78 is 7.52. The van der Waals surface area contributed by atoms with Gasteiger partial charge in [-0.25, -0.2) is 0 Å². The molecule has 4 rings (SSSR count). The molecule has 0 aliphatic heterocycles. The fraction of sp³-hybridized carbons (Fsp3) is 0.458. The number of furan rings is 1. The number of aromatic nitrogens is 3. The van der Waals surface area contributed by atoms with Gasteiger partial charge < -0.3 is 9.32 Å². The summed E-state index contributed by atoms with van der Waals surface area (Å²) in [4.78, 5) is 15.4. The summed E-state index contributed by atoms with van der Waals surface area (Å²) in [7, 11) is 0. The monoisotopic (exact) mass is 438 g/mol. The quantitative estimate of drug-likeness (QED) is 0.456. The molecule has 1 atom stereocenters. The van der Waals surface area contributed by atoms with Crippen LogP contribution in [0, 0.1) is 6.92 Å². The second-order valence-corrected chi connectivity index (χ2v) is 9.35. The number of carbonyl (C=O) groups is 1. The molecule has 1 aromatic carbocycles. The van der Waals surface area contributed by atoms with Crippen LogP contribution in [0.5, 0.6) is 0 Å². The SMILES string of the molecule is CCN(C(=O)C(C)Sc1nnc(-c2ccoc2C)n1-c1ccccc1)C1CCCCC1. The van der Waals surface area contributed by atoms with E-state index in [-0.39, 0.29) is 11.2 Å². The summed E-state index contributed by atoms with van der Waals surface area (Å²) in [6.45, 7) is 6.72. The van der Waals surface area contributed by atoms with Gasteiger partial charge in [0, 0.05) is 18.3 Å². The average Bonchev–Trinajstić information content (AvgIpc) is 3.41. The zero-order valence-corrected chi connectivity index (χ0v) is 19.3. The van der Waals surface area contributed by atoms with E-state index in [1.165, 1.54) is 31.0 Å². The van der Waals surface area contributed by atoms with Crippen LogP contribution in [0.1, 0.15) is 51.7 Å². The lowest BCUT2D eigenvalue weighted by Gasteiger charge is -2.35. The van der Waals surface area contributed by atoms with Gasteiger partial charge in [0.1, 0.15) is 5.76 Å². The Bertz CT molecular complexity index is 1010. The van der Waals surface area contributed by atoms with E-state index in [0.717, 1.165) is 42.2 Å². The topological polar surface area (TPSA) is 64.2 Å². The summed E-state index contributed by atoms with van der Waals surface area (Å²) in [6, 6.07) is 12.3. The molecule has 6 nitrogen and oxygen atoms in total. The van der Waals surface area contributed by atoms with Crippen LogP contribution in [0.4, 0.5) is 0 Å². The van der Waals surface area contributed by atoms with Crippen molar-refractivity contribution in [1.29, 1.82) is 0 Å². The zero-order chi connectivity index (χ0) is 21.8. The zero-order valence-electron chi connectivity index (χ0n) is 18.5. The highest BCUT2D eigenvalue weighted by atomic mass is 32.2. The molecule has 2 heterocycles. The molecule has 0 radical (unpaired) electrons. The highest BCUT2D eigenvalue weighted by Crippen LogP contribution is 2.33. The van der Waals surface area contributed by atoms with E-state index in [1.54, 1.807) is 6.26 Å². The van der Waals surface area contributed by atoms with E-state index in [2.05, 4.69) is 22.0 Å². The van der Waals surface area contributed by atoms with Crippen LogP contribution in [0.3, 0.4) is 0 Å². The first-order chi connectivity index (χ1) is 15.1. The third-order valence-corrected chi connectivity index (χ3v) is 7.05. The van der Waals surface area contributed by atoms with Crippen LogP contribution in [0.2, 0.25) is 0 Å². The number of nitrogens with zero attached hydrogens (tertiary/aromatic N) is 4. The third kappa shape index (κ3) is 4.56. The minimum Gasteiger partial charge on any atom is -0.469 e. The van der Waals surface area contributed by atoms with E-state index in [0.29, 0.717) is 11.2 Å². The molecule has 1 fully saturated rings. The van der Waals surface area contributed by atoms with Gasteiger partial charge in [-0.1, -0.05) is 49.2 Å². The highest BCUT2D eigenvalue weighted by molar-refractivity contribution is 8.00. The summed E-state index contributed by atoms with van der Waals surface area (Å²) in [5, 5.41) is 9.41. The van der Waals surface area contributed by atoms with Crippen LogP contribution < -0.4 is 0 Å². The highest BCUT2D eigenvalue weighted by Gasteiger charge is 2.30. The van der Waals surface area contributed by atoms with Crippen LogP contribution >= 0.6 is 11.8 Å². The molecule has 0 spiro atoms. The molecule has 164 valence electrons. The van der Waals surface area contributed by atoms with Crippen molar-refractivity contribution in [3.63, 3.8) is 0 Å². The van der Waals surface area contributed by atoms with Crippen molar-refractivity contribution >= 4 is 17.7 Å². The minimum atomic E-state index is -0.244. The van der Waals surface area contributed by atoms with Gasteiger partial charge in [0.25, 0.3) is 0 Å². The number of amides is 1. The molecule has 0 saturated heterocycles. The molecule has 7 heteroatoms. The molecule has 0 N–H and O–H groups in total. The Morgan fingerprint density at radius 2 is 1.94 bits per heavy atom. The lowest BCUT2D eigenvalue weighted by molar-refractivity contribution is -0.133. The van der Waals surface area contributed by atoms with Crippen molar-refractivity contribution in [3.05, 3.63) is 48.4 Å². The Balaban J connectivity index is 1.63. The van der Waals surface area contributed by atoms with E-state index in [9.17, 15) is 4.79 Å². The summed E-state index contributed by atoms with van der Waals surface area (Å²) in [5.41, 5.74) is 1.87. The first kappa shape index (κ1) is 21.7. The summed E-state index contributed by atoms with van der Waals surface area (Å²) in [5.74, 6) is 1.70. The lowest BCUT2D eigenvalue weighted by Crippen LogP contribution is -2.44. The first-order valence-corrected chi connectivity index (χ1v) is 12.0. The molecule has 1 unspecified atom stereocenters. The number of rotatable bonds is 7. The maximum absolute atomic E-state index is 13.3.